The van der Waals surface area contributed by atoms with E-state index in [1.165, 1.54) is 11.4 Å². The van der Waals surface area contributed by atoms with Crippen molar-refractivity contribution < 1.29 is 13.5 Å². The topological polar surface area (TPSA) is 83.6 Å². The first kappa shape index (κ1) is 15.1. The summed E-state index contributed by atoms with van der Waals surface area (Å²) >= 11 is 0. The SMILES string of the molecule is CC(O)CCN(C)S(=O)(=O)c1cccc(CN)c1. The van der Waals surface area contributed by atoms with Crippen molar-refractivity contribution in [3.63, 3.8) is 0 Å². The van der Waals surface area contributed by atoms with Crippen LogP contribution in [0, 0.1) is 0 Å². The molecule has 0 aliphatic heterocycles. The third kappa shape index (κ3) is 3.78. The fourth-order valence-electron chi connectivity index (χ4n) is 1.50. The van der Waals surface area contributed by atoms with Gasteiger partial charge in [0.2, 0.25) is 10.0 Å². The van der Waals surface area contributed by atoms with Crippen LogP contribution in [0.4, 0.5) is 0 Å². The van der Waals surface area contributed by atoms with Crippen molar-refractivity contribution in [3.8, 4) is 0 Å². The molecule has 0 heterocycles. The number of hydrogen-bond acceptors (Lipinski definition) is 4. The Morgan fingerprint density at radius 2 is 2.11 bits per heavy atom. The maximum atomic E-state index is 12.2. The lowest BCUT2D eigenvalue weighted by molar-refractivity contribution is 0.177. The predicted molar refractivity (Wildman–Crippen MR) is 70.4 cm³/mol. The van der Waals surface area contributed by atoms with Crippen LogP contribution >= 0.6 is 0 Å². The van der Waals surface area contributed by atoms with Gasteiger partial charge < -0.3 is 10.8 Å². The zero-order valence-electron chi connectivity index (χ0n) is 10.7. The largest absolute Gasteiger partial charge is 0.393 e. The summed E-state index contributed by atoms with van der Waals surface area (Å²) in [5.41, 5.74) is 6.27. The van der Waals surface area contributed by atoms with E-state index in [1.807, 2.05) is 0 Å². The molecule has 6 heteroatoms. The van der Waals surface area contributed by atoms with E-state index in [0.717, 1.165) is 5.56 Å². The van der Waals surface area contributed by atoms with E-state index in [0.29, 0.717) is 13.0 Å². The molecule has 0 aliphatic carbocycles. The minimum absolute atomic E-state index is 0.235. The van der Waals surface area contributed by atoms with E-state index in [-0.39, 0.29) is 11.4 Å². The highest BCUT2D eigenvalue weighted by Crippen LogP contribution is 2.16. The quantitative estimate of drug-likeness (QED) is 0.791. The van der Waals surface area contributed by atoms with Crippen molar-refractivity contribution in [1.82, 2.24) is 4.31 Å². The lowest BCUT2D eigenvalue weighted by Crippen LogP contribution is -2.29. The highest BCUT2D eigenvalue weighted by molar-refractivity contribution is 7.89. The molecule has 1 aromatic carbocycles. The second-order valence-electron chi connectivity index (χ2n) is 4.32. The summed E-state index contributed by atoms with van der Waals surface area (Å²) < 4.78 is 25.7. The summed E-state index contributed by atoms with van der Waals surface area (Å²) in [4.78, 5) is 0.235. The summed E-state index contributed by atoms with van der Waals surface area (Å²) in [5.74, 6) is 0. The number of benzene rings is 1. The van der Waals surface area contributed by atoms with Crippen molar-refractivity contribution in [2.45, 2.75) is 30.9 Å². The van der Waals surface area contributed by atoms with Gasteiger partial charge in [-0.05, 0) is 31.0 Å². The van der Waals surface area contributed by atoms with Gasteiger partial charge in [-0.1, -0.05) is 12.1 Å². The zero-order chi connectivity index (χ0) is 13.8. The molecule has 0 saturated carbocycles. The number of sulfonamides is 1. The van der Waals surface area contributed by atoms with Gasteiger partial charge in [0.1, 0.15) is 0 Å². The molecule has 0 amide bonds. The Labute approximate surface area is 108 Å². The Balaban J connectivity index is 2.91. The van der Waals surface area contributed by atoms with E-state index in [4.69, 9.17) is 5.73 Å². The normalized spacial score (nSPS) is 13.8. The molecule has 102 valence electrons. The van der Waals surface area contributed by atoms with Gasteiger partial charge in [0.05, 0.1) is 11.0 Å². The van der Waals surface area contributed by atoms with Crippen LogP contribution in [0.2, 0.25) is 0 Å². The minimum Gasteiger partial charge on any atom is -0.393 e. The maximum Gasteiger partial charge on any atom is 0.242 e. The molecule has 0 spiro atoms. The highest BCUT2D eigenvalue weighted by Gasteiger charge is 2.20. The Bertz CT molecular complexity index is 486. The van der Waals surface area contributed by atoms with Crippen LogP contribution in [0.25, 0.3) is 0 Å². The van der Waals surface area contributed by atoms with E-state index in [9.17, 15) is 13.5 Å². The molecule has 0 aromatic heterocycles. The van der Waals surface area contributed by atoms with Gasteiger partial charge in [-0.3, -0.25) is 0 Å². The van der Waals surface area contributed by atoms with Gasteiger partial charge in [-0.15, -0.1) is 0 Å². The molecular weight excluding hydrogens is 252 g/mol. The third-order valence-corrected chi connectivity index (χ3v) is 4.56. The molecule has 0 bridgehead atoms. The summed E-state index contributed by atoms with van der Waals surface area (Å²) in [5, 5.41) is 9.18. The van der Waals surface area contributed by atoms with Gasteiger partial charge in [-0.25, -0.2) is 12.7 Å². The van der Waals surface area contributed by atoms with Gasteiger partial charge in [-0.2, -0.15) is 0 Å². The molecule has 0 fully saturated rings. The van der Waals surface area contributed by atoms with Crippen molar-refractivity contribution >= 4 is 10.0 Å². The first-order chi connectivity index (χ1) is 8.37. The Kier molecular flexibility index (Phi) is 5.28. The van der Waals surface area contributed by atoms with Crippen molar-refractivity contribution in [2.75, 3.05) is 13.6 Å². The summed E-state index contributed by atoms with van der Waals surface area (Å²) in [6.45, 7) is 2.23. The molecule has 1 aromatic rings. The van der Waals surface area contributed by atoms with Gasteiger partial charge >= 0.3 is 0 Å². The number of nitrogens with zero attached hydrogens (tertiary/aromatic N) is 1. The second kappa shape index (κ2) is 6.29. The number of aliphatic hydroxyl groups is 1. The smallest absolute Gasteiger partial charge is 0.242 e. The number of nitrogens with two attached hydrogens (primary N) is 1. The fraction of sp³-hybridized carbons (Fsp3) is 0.500. The second-order valence-corrected chi connectivity index (χ2v) is 6.36. The van der Waals surface area contributed by atoms with E-state index < -0.39 is 16.1 Å². The molecule has 0 saturated heterocycles. The summed E-state index contributed by atoms with van der Waals surface area (Å²) in [7, 11) is -1.99. The highest BCUT2D eigenvalue weighted by atomic mass is 32.2. The predicted octanol–water partition coefficient (Wildman–Crippen LogP) is 0.537. The lowest BCUT2D eigenvalue weighted by Gasteiger charge is -2.18. The fourth-order valence-corrected chi connectivity index (χ4v) is 2.76. The summed E-state index contributed by atoms with van der Waals surface area (Å²) in [6.07, 6.45) is -0.107. The Morgan fingerprint density at radius 1 is 1.44 bits per heavy atom. The number of aliphatic hydroxyl groups excluding tert-OH is 1. The van der Waals surface area contributed by atoms with Gasteiger partial charge in [0.15, 0.2) is 0 Å². The van der Waals surface area contributed by atoms with Crippen LogP contribution in [0.15, 0.2) is 29.2 Å². The van der Waals surface area contributed by atoms with Gasteiger partial charge in [0.25, 0.3) is 0 Å². The summed E-state index contributed by atoms with van der Waals surface area (Å²) in [6, 6.07) is 6.59. The van der Waals surface area contributed by atoms with Crippen molar-refractivity contribution in [1.29, 1.82) is 0 Å². The standard InChI is InChI=1S/C12H20N2O3S/c1-10(15)6-7-14(2)18(16,17)12-5-3-4-11(8-12)9-13/h3-5,8,10,15H,6-7,9,13H2,1-2H3. The molecule has 1 unspecified atom stereocenters. The monoisotopic (exact) mass is 272 g/mol. The maximum absolute atomic E-state index is 12.2. The zero-order valence-corrected chi connectivity index (χ0v) is 11.5. The van der Waals surface area contributed by atoms with Crippen molar-refractivity contribution in [3.05, 3.63) is 29.8 Å². The first-order valence-electron chi connectivity index (χ1n) is 5.81. The van der Waals surface area contributed by atoms with Crippen molar-refractivity contribution in [2.24, 2.45) is 5.73 Å². The molecular formula is C12H20N2O3S. The lowest BCUT2D eigenvalue weighted by atomic mass is 10.2. The molecule has 0 radical (unpaired) electrons. The Morgan fingerprint density at radius 3 is 2.67 bits per heavy atom. The first-order valence-corrected chi connectivity index (χ1v) is 7.25. The number of rotatable bonds is 6. The third-order valence-electron chi connectivity index (χ3n) is 2.70. The molecule has 5 nitrogen and oxygen atoms in total. The van der Waals surface area contributed by atoms with Crippen LogP contribution < -0.4 is 5.73 Å². The van der Waals surface area contributed by atoms with E-state index >= 15 is 0 Å². The van der Waals surface area contributed by atoms with E-state index in [1.54, 1.807) is 31.2 Å². The molecule has 3 N–H and O–H groups in total. The molecule has 0 aliphatic rings. The van der Waals surface area contributed by atoms with E-state index in [2.05, 4.69) is 0 Å². The van der Waals surface area contributed by atoms with Gasteiger partial charge in [0, 0.05) is 20.1 Å². The molecule has 18 heavy (non-hydrogen) atoms. The molecule has 1 rings (SSSR count). The average Bonchev–Trinajstić information content (AvgIpc) is 2.35. The van der Waals surface area contributed by atoms with Crippen LogP contribution in [0.1, 0.15) is 18.9 Å². The van der Waals surface area contributed by atoms with Crippen LogP contribution in [-0.2, 0) is 16.6 Å². The number of hydrogen-bond donors (Lipinski definition) is 2. The van der Waals surface area contributed by atoms with Crippen LogP contribution in [0.5, 0.6) is 0 Å². The van der Waals surface area contributed by atoms with Crippen LogP contribution in [-0.4, -0.2) is 37.5 Å². The average molecular weight is 272 g/mol. The molecule has 1 atom stereocenters. The minimum atomic E-state index is -3.50. The van der Waals surface area contributed by atoms with Crippen LogP contribution in [0.3, 0.4) is 0 Å². The Hall–Kier alpha value is -0.950.